The minimum atomic E-state index is 0.740. The molecule has 54 valence electrons. The average Bonchev–Trinajstić information content (AvgIpc) is 1.80. The van der Waals surface area contributed by atoms with Gasteiger partial charge >= 0.3 is 0 Å². The molecule has 1 fully saturated rings. The van der Waals surface area contributed by atoms with E-state index in [0.717, 1.165) is 6.04 Å². The SMILES string of the molecule is C[C@H]1CN(C)CCN1C. The van der Waals surface area contributed by atoms with Crippen molar-refractivity contribution in [1.29, 1.82) is 0 Å². The summed E-state index contributed by atoms with van der Waals surface area (Å²) in [6.07, 6.45) is 0. The van der Waals surface area contributed by atoms with Gasteiger partial charge in [-0.25, -0.2) is 0 Å². The summed E-state index contributed by atoms with van der Waals surface area (Å²) >= 11 is 0. The van der Waals surface area contributed by atoms with E-state index >= 15 is 0 Å². The molecule has 1 rings (SSSR count). The first-order chi connectivity index (χ1) is 4.20. The lowest BCUT2D eigenvalue weighted by Crippen LogP contribution is -2.48. The standard InChI is InChI=1S/C7H16N2/c1-7-6-8(2)4-5-9(7)3/h7H,4-6H2,1-3H3/t7-/m0/s1. The van der Waals surface area contributed by atoms with Crippen molar-refractivity contribution in [3.63, 3.8) is 0 Å². The van der Waals surface area contributed by atoms with E-state index in [9.17, 15) is 0 Å². The van der Waals surface area contributed by atoms with Crippen LogP contribution < -0.4 is 0 Å². The van der Waals surface area contributed by atoms with Gasteiger partial charge in [0.2, 0.25) is 0 Å². The van der Waals surface area contributed by atoms with Crippen molar-refractivity contribution < 1.29 is 0 Å². The minimum Gasteiger partial charge on any atom is -0.304 e. The first-order valence-corrected chi connectivity index (χ1v) is 3.59. The first kappa shape index (κ1) is 7.03. The average molecular weight is 128 g/mol. The molecule has 1 atom stereocenters. The van der Waals surface area contributed by atoms with Crippen molar-refractivity contribution in [3.05, 3.63) is 0 Å². The van der Waals surface area contributed by atoms with Gasteiger partial charge in [0.05, 0.1) is 0 Å². The van der Waals surface area contributed by atoms with Crippen LogP contribution in [0.3, 0.4) is 0 Å². The van der Waals surface area contributed by atoms with Gasteiger partial charge in [-0.05, 0) is 21.0 Å². The Bertz CT molecular complexity index is 92.9. The Balaban J connectivity index is 2.35. The third-order valence-electron chi connectivity index (χ3n) is 2.16. The third-order valence-corrected chi connectivity index (χ3v) is 2.16. The molecule has 2 nitrogen and oxygen atoms in total. The van der Waals surface area contributed by atoms with Crippen LogP contribution in [0.4, 0.5) is 0 Å². The quantitative estimate of drug-likeness (QED) is 0.461. The Morgan fingerprint density at radius 1 is 1.22 bits per heavy atom. The molecule has 0 aromatic carbocycles. The Kier molecular flexibility index (Phi) is 2.09. The summed E-state index contributed by atoms with van der Waals surface area (Å²) in [7, 11) is 4.38. The lowest BCUT2D eigenvalue weighted by Gasteiger charge is -2.35. The van der Waals surface area contributed by atoms with Crippen LogP contribution in [0.1, 0.15) is 6.92 Å². The zero-order valence-corrected chi connectivity index (χ0v) is 6.59. The minimum absolute atomic E-state index is 0.740. The van der Waals surface area contributed by atoms with Crippen molar-refractivity contribution in [2.45, 2.75) is 13.0 Å². The molecule has 0 saturated carbocycles. The molecule has 0 aliphatic carbocycles. The highest BCUT2D eigenvalue weighted by molar-refractivity contribution is 4.73. The summed E-state index contributed by atoms with van der Waals surface area (Å²) < 4.78 is 0. The molecule has 0 unspecified atom stereocenters. The smallest absolute Gasteiger partial charge is 0.0192 e. The van der Waals surface area contributed by atoms with Crippen molar-refractivity contribution in [3.8, 4) is 0 Å². The van der Waals surface area contributed by atoms with E-state index in [2.05, 4.69) is 30.8 Å². The molecule has 0 aromatic rings. The van der Waals surface area contributed by atoms with Crippen LogP contribution >= 0.6 is 0 Å². The van der Waals surface area contributed by atoms with Crippen molar-refractivity contribution in [2.75, 3.05) is 33.7 Å². The summed E-state index contributed by atoms with van der Waals surface area (Å²) in [5, 5.41) is 0. The van der Waals surface area contributed by atoms with E-state index in [4.69, 9.17) is 0 Å². The number of hydrogen-bond acceptors (Lipinski definition) is 2. The third kappa shape index (κ3) is 1.66. The monoisotopic (exact) mass is 128 g/mol. The fourth-order valence-electron chi connectivity index (χ4n) is 1.23. The first-order valence-electron chi connectivity index (χ1n) is 3.59. The zero-order chi connectivity index (χ0) is 6.85. The maximum absolute atomic E-state index is 2.40. The number of hydrogen-bond donors (Lipinski definition) is 0. The van der Waals surface area contributed by atoms with Gasteiger partial charge in [0.1, 0.15) is 0 Å². The molecule has 2 heteroatoms. The van der Waals surface area contributed by atoms with Crippen LogP contribution in [0.15, 0.2) is 0 Å². The van der Waals surface area contributed by atoms with E-state index in [1.165, 1.54) is 19.6 Å². The van der Waals surface area contributed by atoms with Crippen molar-refractivity contribution in [1.82, 2.24) is 9.80 Å². The summed E-state index contributed by atoms with van der Waals surface area (Å²) in [5.41, 5.74) is 0. The topological polar surface area (TPSA) is 6.48 Å². The number of nitrogens with zero attached hydrogens (tertiary/aromatic N) is 2. The second kappa shape index (κ2) is 2.67. The number of rotatable bonds is 0. The normalized spacial score (nSPS) is 33.0. The molecule has 0 spiro atoms. The van der Waals surface area contributed by atoms with Gasteiger partial charge in [0.15, 0.2) is 0 Å². The van der Waals surface area contributed by atoms with E-state index < -0.39 is 0 Å². The molecule has 1 saturated heterocycles. The summed E-state index contributed by atoms with van der Waals surface area (Å²) in [6, 6.07) is 0.740. The fourth-order valence-corrected chi connectivity index (χ4v) is 1.23. The molecular weight excluding hydrogens is 112 g/mol. The van der Waals surface area contributed by atoms with Crippen LogP contribution in [-0.4, -0.2) is 49.6 Å². The van der Waals surface area contributed by atoms with Crippen molar-refractivity contribution >= 4 is 0 Å². The van der Waals surface area contributed by atoms with Gasteiger partial charge in [-0.2, -0.15) is 0 Å². The van der Waals surface area contributed by atoms with E-state index in [-0.39, 0.29) is 0 Å². The summed E-state index contributed by atoms with van der Waals surface area (Å²) in [5.74, 6) is 0. The van der Waals surface area contributed by atoms with Crippen LogP contribution in [0.2, 0.25) is 0 Å². The second-order valence-corrected chi connectivity index (χ2v) is 3.09. The molecule has 0 amide bonds. The van der Waals surface area contributed by atoms with Gasteiger partial charge in [0.25, 0.3) is 0 Å². The fraction of sp³-hybridized carbons (Fsp3) is 1.00. The highest BCUT2D eigenvalue weighted by Gasteiger charge is 2.16. The van der Waals surface area contributed by atoms with Crippen LogP contribution in [0, 0.1) is 0 Å². The Morgan fingerprint density at radius 2 is 1.89 bits per heavy atom. The van der Waals surface area contributed by atoms with Gasteiger partial charge < -0.3 is 9.80 Å². The number of likely N-dealkylation sites (N-methyl/N-ethyl adjacent to an activating group) is 2. The van der Waals surface area contributed by atoms with E-state index in [1.54, 1.807) is 0 Å². The molecule has 0 N–H and O–H groups in total. The molecular formula is C7H16N2. The van der Waals surface area contributed by atoms with Crippen LogP contribution in [0.25, 0.3) is 0 Å². The van der Waals surface area contributed by atoms with E-state index in [1.807, 2.05) is 0 Å². The summed E-state index contributed by atoms with van der Waals surface area (Å²) in [4.78, 5) is 4.78. The Hall–Kier alpha value is -0.0800. The Morgan fingerprint density at radius 3 is 2.33 bits per heavy atom. The predicted molar refractivity (Wildman–Crippen MR) is 39.6 cm³/mol. The lowest BCUT2D eigenvalue weighted by atomic mass is 10.2. The lowest BCUT2D eigenvalue weighted by molar-refractivity contribution is 0.125. The second-order valence-electron chi connectivity index (χ2n) is 3.09. The number of piperazine rings is 1. The maximum atomic E-state index is 2.40. The van der Waals surface area contributed by atoms with E-state index in [0.29, 0.717) is 0 Å². The van der Waals surface area contributed by atoms with Gasteiger partial charge in [-0.1, -0.05) is 0 Å². The van der Waals surface area contributed by atoms with Gasteiger partial charge in [-0.15, -0.1) is 0 Å². The highest BCUT2D eigenvalue weighted by Crippen LogP contribution is 2.03. The molecule has 9 heavy (non-hydrogen) atoms. The molecule has 1 heterocycles. The zero-order valence-electron chi connectivity index (χ0n) is 6.59. The predicted octanol–water partition coefficient (Wildman–Crippen LogP) is 0.252. The van der Waals surface area contributed by atoms with Crippen LogP contribution in [0.5, 0.6) is 0 Å². The molecule has 1 aliphatic heterocycles. The highest BCUT2D eigenvalue weighted by atomic mass is 15.3. The van der Waals surface area contributed by atoms with Gasteiger partial charge in [-0.3, -0.25) is 0 Å². The molecule has 0 aromatic heterocycles. The largest absolute Gasteiger partial charge is 0.304 e. The molecule has 0 radical (unpaired) electrons. The van der Waals surface area contributed by atoms with Crippen molar-refractivity contribution in [2.24, 2.45) is 0 Å². The Labute approximate surface area is 57.4 Å². The summed E-state index contributed by atoms with van der Waals surface area (Å²) in [6.45, 7) is 5.94. The van der Waals surface area contributed by atoms with Crippen LogP contribution in [-0.2, 0) is 0 Å². The van der Waals surface area contributed by atoms with Gasteiger partial charge in [0, 0.05) is 25.7 Å². The molecule has 0 bridgehead atoms. The maximum Gasteiger partial charge on any atom is 0.0192 e. The molecule has 1 aliphatic rings.